The molecule has 0 aliphatic heterocycles. The topological polar surface area (TPSA) is 0 Å². The monoisotopic (exact) mass is 417 g/mol. The minimum atomic E-state index is -1.22. The van der Waals surface area contributed by atoms with E-state index in [1.54, 1.807) is 0 Å². The molecule has 32 heavy (non-hydrogen) atoms. The van der Waals surface area contributed by atoms with Gasteiger partial charge in [-0.3, -0.25) is 0 Å². The second kappa shape index (κ2) is 8.83. The van der Waals surface area contributed by atoms with E-state index in [1.165, 1.54) is 55.3 Å². The number of rotatable bonds is 5. The lowest BCUT2D eigenvalue weighted by molar-refractivity contribution is 1.28. The summed E-state index contributed by atoms with van der Waals surface area (Å²) in [7, 11) is 0. The van der Waals surface area contributed by atoms with E-state index in [4.69, 9.17) is 0 Å². The van der Waals surface area contributed by atoms with Gasteiger partial charge in [-0.1, -0.05) is 124 Å². The fraction of sp³-hybridized carbons (Fsp3) is 0.226. The maximum atomic E-state index is 2.37. The second-order valence-corrected chi connectivity index (χ2v) is 9.77. The summed E-state index contributed by atoms with van der Waals surface area (Å²) in [6, 6.07) is 31.7. The van der Waals surface area contributed by atoms with Crippen LogP contribution in [0.1, 0.15) is 38.9 Å². The Morgan fingerprint density at radius 2 is 0.875 bits per heavy atom. The van der Waals surface area contributed by atoms with Gasteiger partial charge in [-0.2, -0.15) is 16.4 Å². The molecule has 0 saturated carbocycles. The molecule has 162 valence electrons. The highest BCUT2D eigenvalue weighted by Crippen LogP contribution is 2.22. The number of hydrogen-bond donors (Lipinski definition) is 0. The number of hydrogen-bond acceptors (Lipinski definition) is 0. The van der Waals surface area contributed by atoms with Crippen LogP contribution in [0.25, 0.3) is 0 Å². The minimum absolute atomic E-state index is 0.986. The molecule has 0 heterocycles. The lowest BCUT2D eigenvalue weighted by Crippen LogP contribution is -2.71. The zero-order valence-corrected chi connectivity index (χ0v) is 20.4. The Morgan fingerprint density at radius 3 is 1.28 bits per heavy atom. The molecule has 0 radical (unpaired) electrons. The van der Waals surface area contributed by atoms with Crippen molar-refractivity contribution >= 4 is 22.5 Å². The van der Waals surface area contributed by atoms with Crippen LogP contribution in [0.5, 0.6) is 0 Å². The molecule has 1 heteroatoms. The third kappa shape index (κ3) is 3.93. The molecule has 0 nitrogen and oxygen atoms in total. The minimum Gasteiger partial charge on any atom is -0.200 e. The van der Waals surface area contributed by atoms with Gasteiger partial charge in [0.15, 0.2) is 0 Å². The highest BCUT2D eigenvalue weighted by molar-refractivity contribution is 7.11. The van der Waals surface area contributed by atoms with Crippen molar-refractivity contribution in [3.8, 4) is 0 Å². The molecule has 0 unspecified atom stereocenters. The van der Waals surface area contributed by atoms with Crippen LogP contribution >= 0.6 is 0 Å². The van der Waals surface area contributed by atoms with Gasteiger partial charge >= 0.3 is 0 Å². The first kappa shape index (κ1) is 22.2. The van der Waals surface area contributed by atoms with Gasteiger partial charge in [0.25, 0.3) is 0 Å². The molecule has 0 spiro atoms. The molecule has 0 aromatic heterocycles. The molecule has 0 atom stereocenters. The molecular formula is C31H34B-. The van der Waals surface area contributed by atoms with Crippen LogP contribution < -0.4 is 16.4 Å². The summed E-state index contributed by atoms with van der Waals surface area (Å²) in [4.78, 5) is 0. The third-order valence-electron chi connectivity index (χ3n) is 7.21. The van der Waals surface area contributed by atoms with Gasteiger partial charge in [-0.15, -0.1) is 6.32 Å². The van der Waals surface area contributed by atoms with Crippen LogP contribution in [-0.2, 0) is 6.32 Å². The van der Waals surface area contributed by atoms with Crippen molar-refractivity contribution in [3.63, 3.8) is 0 Å². The van der Waals surface area contributed by atoms with E-state index in [1.807, 2.05) is 0 Å². The first-order valence-electron chi connectivity index (χ1n) is 11.8. The van der Waals surface area contributed by atoms with Gasteiger partial charge in [0.1, 0.15) is 0 Å². The van der Waals surface area contributed by atoms with E-state index in [2.05, 4.69) is 126 Å². The predicted octanol–water partition coefficient (Wildman–Crippen LogP) is 5.79. The number of benzene rings is 4. The largest absolute Gasteiger partial charge is 0.200 e. The molecule has 0 aliphatic carbocycles. The molecule has 0 saturated heterocycles. The van der Waals surface area contributed by atoms with Crippen LogP contribution in [0.15, 0.2) is 84.9 Å². The number of aryl methyl sites for hydroxylation is 6. The van der Waals surface area contributed by atoms with Gasteiger partial charge in [0, 0.05) is 0 Å². The van der Waals surface area contributed by atoms with Crippen LogP contribution in [0.3, 0.4) is 0 Å². The van der Waals surface area contributed by atoms with Gasteiger partial charge in [-0.05, 0) is 41.5 Å². The molecule has 0 N–H and O–H groups in total. The van der Waals surface area contributed by atoms with Crippen molar-refractivity contribution in [2.45, 2.75) is 47.9 Å². The summed E-state index contributed by atoms with van der Waals surface area (Å²) in [5.74, 6) is 0. The molecule has 0 bridgehead atoms. The Labute approximate surface area is 194 Å². The van der Waals surface area contributed by atoms with Crippen molar-refractivity contribution in [3.05, 3.63) is 124 Å². The smallest absolute Gasteiger partial charge is 0.0869 e. The van der Waals surface area contributed by atoms with Crippen molar-refractivity contribution < 1.29 is 0 Å². The lowest BCUT2D eigenvalue weighted by Gasteiger charge is -2.48. The Morgan fingerprint density at radius 1 is 0.500 bits per heavy atom. The van der Waals surface area contributed by atoms with Crippen LogP contribution in [0.2, 0.25) is 0 Å². The first-order chi connectivity index (χ1) is 15.3. The molecule has 4 aromatic carbocycles. The summed E-state index contributed by atoms with van der Waals surface area (Å²) < 4.78 is 0. The van der Waals surface area contributed by atoms with Crippen LogP contribution in [0, 0.1) is 41.5 Å². The van der Waals surface area contributed by atoms with E-state index in [9.17, 15) is 0 Å². The highest BCUT2D eigenvalue weighted by atomic mass is 14.2. The average Bonchev–Trinajstić information content (AvgIpc) is 2.73. The highest BCUT2D eigenvalue weighted by Gasteiger charge is 2.34. The maximum Gasteiger partial charge on any atom is 0.0869 e. The quantitative estimate of drug-likeness (QED) is 0.361. The van der Waals surface area contributed by atoms with E-state index in [-0.39, 0.29) is 0 Å². The average molecular weight is 417 g/mol. The van der Waals surface area contributed by atoms with E-state index in [0.717, 1.165) is 6.32 Å². The predicted molar refractivity (Wildman–Crippen MR) is 143 cm³/mol. The summed E-state index contributed by atoms with van der Waals surface area (Å²) in [5.41, 5.74) is 14.0. The van der Waals surface area contributed by atoms with Gasteiger partial charge in [0.2, 0.25) is 0 Å². The Balaban J connectivity index is 2.19. The standard InChI is InChI=1S/C31H34B/c1-22-17-24(3)30(25(4)18-22)32(29-15-11-8-12-16-29,21-28-13-9-7-10-14-28)31-26(5)19-23(2)20-27(31)6/h7-20H,21H2,1-6H3/q-1. The zero-order valence-electron chi connectivity index (χ0n) is 20.4. The Hall–Kier alpha value is -3.06. The lowest BCUT2D eigenvalue weighted by atomic mass is 9.12. The summed E-state index contributed by atoms with van der Waals surface area (Å²) in [6.45, 7) is 13.6. The van der Waals surface area contributed by atoms with Crippen LogP contribution in [0.4, 0.5) is 0 Å². The molecule has 4 rings (SSSR count). The molecule has 4 aromatic rings. The van der Waals surface area contributed by atoms with E-state index in [0.29, 0.717) is 0 Å². The zero-order chi connectivity index (χ0) is 22.9. The fourth-order valence-corrected chi connectivity index (χ4v) is 6.49. The maximum absolute atomic E-state index is 2.37. The van der Waals surface area contributed by atoms with Crippen molar-refractivity contribution in [1.82, 2.24) is 0 Å². The molecule has 0 amide bonds. The second-order valence-electron chi connectivity index (χ2n) is 9.77. The van der Waals surface area contributed by atoms with E-state index < -0.39 is 6.15 Å². The van der Waals surface area contributed by atoms with E-state index >= 15 is 0 Å². The Bertz CT molecular complexity index is 1130. The first-order valence-corrected chi connectivity index (χ1v) is 11.8. The SMILES string of the molecule is Cc1cc(C)c([B-](Cc2ccccc2)(c2ccccc2)c2c(C)cc(C)cc2C)c(C)c1. The normalized spacial score (nSPS) is 11.6. The van der Waals surface area contributed by atoms with Gasteiger partial charge in [-0.25, -0.2) is 0 Å². The molecule has 0 fully saturated rings. The summed E-state index contributed by atoms with van der Waals surface area (Å²) >= 11 is 0. The van der Waals surface area contributed by atoms with Crippen molar-refractivity contribution in [1.29, 1.82) is 0 Å². The Kier molecular flexibility index (Phi) is 6.11. The van der Waals surface area contributed by atoms with Crippen LogP contribution in [-0.4, -0.2) is 6.15 Å². The van der Waals surface area contributed by atoms with Gasteiger partial charge < -0.3 is 0 Å². The van der Waals surface area contributed by atoms with Crippen molar-refractivity contribution in [2.75, 3.05) is 0 Å². The summed E-state index contributed by atoms with van der Waals surface area (Å²) in [6.07, 6.45) is -0.238. The molecular weight excluding hydrogens is 383 g/mol. The fourth-order valence-electron chi connectivity index (χ4n) is 6.49. The van der Waals surface area contributed by atoms with Crippen molar-refractivity contribution in [2.24, 2.45) is 0 Å². The molecule has 0 aliphatic rings. The third-order valence-corrected chi connectivity index (χ3v) is 7.21. The van der Waals surface area contributed by atoms with Gasteiger partial charge in [0.05, 0.1) is 6.15 Å². The summed E-state index contributed by atoms with van der Waals surface area (Å²) in [5, 5.41) is 0.